The molecule has 21 heavy (non-hydrogen) atoms. The number of piperidine rings is 1. The van der Waals surface area contributed by atoms with E-state index >= 15 is 0 Å². The summed E-state index contributed by atoms with van der Waals surface area (Å²) in [6, 6.07) is 3.16. The van der Waals surface area contributed by atoms with Gasteiger partial charge in [0.2, 0.25) is 0 Å². The van der Waals surface area contributed by atoms with Crippen molar-refractivity contribution in [1.29, 1.82) is 0 Å². The van der Waals surface area contributed by atoms with E-state index in [0.29, 0.717) is 29.5 Å². The molecule has 0 bridgehead atoms. The van der Waals surface area contributed by atoms with Crippen LogP contribution in [0, 0.1) is 16.0 Å². The van der Waals surface area contributed by atoms with E-state index in [4.69, 9.17) is 9.47 Å². The Kier molecular flexibility index (Phi) is 5.01. The van der Waals surface area contributed by atoms with Gasteiger partial charge in [0.15, 0.2) is 11.5 Å². The van der Waals surface area contributed by atoms with E-state index in [2.05, 4.69) is 11.8 Å². The van der Waals surface area contributed by atoms with Crippen LogP contribution in [0.5, 0.6) is 11.5 Å². The van der Waals surface area contributed by atoms with E-state index < -0.39 is 0 Å². The first kappa shape index (κ1) is 15.6. The monoisotopic (exact) mass is 294 g/mol. The lowest BCUT2D eigenvalue weighted by Crippen LogP contribution is -2.33. The average Bonchev–Trinajstić information content (AvgIpc) is 2.46. The molecular formula is C15H22N2O4. The maximum atomic E-state index is 11.3. The van der Waals surface area contributed by atoms with Crippen LogP contribution in [0.1, 0.15) is 25.3 Å². The quantitative estimate of drug-likeness (QED) is 0.617. The molecule has 6 heteroatoms. The van der Waals surface area contributed by atoms with E-state index in [0.717, 1.165) is 19.5 Å². The Hall–Kier alpha value is -1.82. The van der Waals surface area contributed by atoms with Gasteiger partial charge in [-0.05, 0) is 31.4 Å². The maximum Gasteiger partial charge on any atom is 0.277 e. The van der Waals surface area contributed by atoms with Gasteiger partial charge in [-0.15, -0.1) is 0 Å². The van der Waals surface area contributed by atoms with Crippen molar-refractivity contribution in [2.75, 3.05) is 27.3 Å². The third-order valence-corrected chi connectivity index (χ3v) is 3.92. The number of ether oxygens (including phenoxy) is 2. The highest BCUT2D eigenvalue weighted by Gasteiger charge is 2.23. The molecule has 0 aliphatic carbocycles. The second-order valence-corrected chi connectivity index (χ2v) is 5.58. The molecule has 0 radical (unpaired) electrons. The molecule has 1 unspecified atom stereocenters. The highest BCUT2D eigenvalue weighted by Crippen LogP contribution is 2.35. The highest BCUT2D eigenvalue weighted by molar-refractivity contribution is 5.54. The molecule has 1 atom stereocenters. The number of likely N-dealkylation sites (tertiary alicyclic amines) is 1. The van der Waals surface area contributed by atoms with Gasteiger partial charge in [-0.2, -0.15) is 0 Å². The number of nitrogens with zero attached hydrogens (tertiary/aromatic N) is 2. The third-order valence-electron chi connectivity index (χ3n) is 3.92. The molecule has 0 N–H and O–H groups in total. The number of methoxy groups -OCH3 is 2. The van der Waals surface area contributed by atoms with Crippen molar-refractivity contribution >= 4 is 5.69 Å². The van der Waals surface area contributed by atoms with E-state index in [-0.39, 0.29) is 10.6 Å². The summed E-state index contributed by atoms with van der Waals surface area (Å²) in [5.41, 5.74) is 0.762. The summed E-state index contributed by atoms with van der Waals surface area (Å²) in [6.07, 6.45) is 2.37. The van der Waals surface area contributed by atoms with Crippen LogP contribution in [-0.4, -0.2) is 37.1 Å². The summed E-state index contributed by atoms with van der Waals surface area (Å²) < 4.78 is 10.4. The van der Waals surface area contributed by atoms with E-state index in [9.17, 15) is 10.1 Å². The van der Waals surface area contributed by atoms with Crippen LogP contribution in [0.3, 0.4) is 0 Å². The zero-order valence-electron chi connectivity index (χ0n) is 12.8. The van der Waals surface area contributed by atoms with Gasteiger partial charge in [0.1, 0.15) is 0 Å². The number of rotatable bonds is 5. The third kappa shape index (κ3) is 3.64. The SMILES string of the molecule is COc1cc(CN2CCCC(C)C2)c([N+](=O)[O-])cc1OC. The first-order valence-corrected chi connectivity index (χ1v) is 7.16. The fraction of sp³-hybridized carbons (Fsp3) is 0.600. The minimum Gasteiger partial charge on any atom is -0.493 e. The molecule has 1 fully saturated rings. The Balaban J connectivity index is 2.29. The van der Waals surface area contributed by atoms with Crippen LogP contribution in [0.4, 0.5) is 5.69 Å². The molecule has 0 aromatic heterocycles. The van der Waals surface area contributed by atoms with Gasteiger partial charge in [-0.25, -0.2) is 0 Å². The zero-order valence-corrected chi connectivity index (χ0v) is 12.8. The molecule has 0 spiro atoms. The number of benzene rings is 1. The molecule has 1 aliphatic heterocycles. The molecule has 1 saturated heterocycles. The van der Waals surface area contributed by atoms with E-state index in [1.54, 1.807) is 6.07 Å². The second-order valence-electron chi connectivity index (χ2n) is 5.58. The predicted molar refractivity (Wildman–Crippen MR) is 79.9 cm³/mol. The first-order chi connectivity index (χ1) is 10.0. The van der Waals surface area contributed by atoms with Crippen molar-refractivity contribution in [3.05, 3.63) is 27.8 Å². The Morgan fingerprint density at radius 3 is 2.57 bits per heavy atom. The van der Waals surface area contributed by atoms with E-state index in [1.807, 2.05) is 0 Å². The number of nitro groups is 1. The fourth-order valence-electron chi connectivity index (χ4n) is 2.88. The smallest absolute Gasteiger partial charge is 0.277 e. The minimum atomic E-state index is -0.356. The van der Waals surface area contributed by atoms with Crippen LogP contribution >= 0.6 is 0 Å². The largest absolute Gasteiger partial charge is 0.493 e. The lowest BCUT2D eigenvalue weighted by molar-refractivity contribution is -0.385. The number of hydrogen-bond donors (Lipinski definition) is 0. The second kappa shape index (κ2) is 6.76. The van der Waals surface area contributed by atoms with Crippen LogP contribution in [0.2, 0.25) is 0 Å². The van der Waals surface area contributed by atoms with Crippen molar-refractivity contribution in [2.45, 2.75) is 26.3 Å². The van der Waals surface area contributed by atoms with Crippen molar-refractivity contribution in [3.63, 3.8) is 0 Å². The Labute approximate surface area is 124 Å². The molecule has 6 nitrogen and oxygen atoms in total. The number of nitro benzene ring substituents is 1. The summed E-state index contributed by atoms with van der Waals surface area (Å²) >= 11 is 0. The standard InChI is InChI=1S/C15H22N2O4/c1-11-5-4-6-16(9-11)10-12-7-14(20-2)15(21-3)8-13(12)17(18)19/h7-8,11H,4-6,9-10H2,1-3H3. The van der Waals surface area contributed by atoms with Gasteiger partial charge in [-0.3, -0.25) is 15.0 Å². The molecule has 1 aliphatic rings. The van der Waals surface area contributed by atoms with Crippen molar-refractivity contribution in [3.8, 4) is 11.5 Å². The van der Waals surface area contributed by atoms with Crippen LogP contribution in [-0.2, 0) is 6.54 Å². The van der Waals surface area contributed by atoms with Gasteiger partial charge in [-0.1, -0.05) is 6.92 Å². The van der Waals surface area contributed by atoms with Crippen LogP contribution in [0.25, 0.3) is 0 Å². The van der Waals surface area contributed by atoms with Gasteiger partial charge >= 0.3 is 0 Å². The Morgan fingerprint density at radius 2 is 2.00 bits per heavy atom. The maximum absolute atomic E-state index is 11.3. The fourth-order valence-corrected chi connectivity index (χ4v) is 2.88. The summed E-state index contributed by atoms with van der Waals surface area (Å²) in [6.45, 7) is 4.75. The van der Waals surface area contributed by atoms with Crippen molar-refractivity contribution in [2.24, 2.45) is 5.92 Å². The van der Waals surface area contributed by atoms with Crippen LogP contribution < -0.4 is 9.47 Å². The van der Waals surface area contributed by atoms with Crippen LogP contribution in [0.15, 0.2) is 12.1 Å². The minimum absolute atomic E-state index is 0.0888. The molecule has 1 aromatic carbocycles. The molecule has 2 rings (SSSR count). The molecule has 1 aromatic rings. The van der Waals surface area contributed by atoms with Crippen molar-refractivity contribution in [1.82, 2.24) is 4.90 Å². The summed E-state index contributed by atoms with van der Waals surface area (Å²) in [5, 5.41) is 11.3. The van der Waals surface area contributed by atoms with Gasteiger partial charge in [0, 0.05) is 18.7 Å². The zero-order chi connectivity index (χ0) is 15.4. The lowest BCUT2D eigenvalue weighted by atomic mass is 9.99. The lowest BCUT2D eigenvalue weighted by Gasteiger charge is -2.30. The van der Waals surface area contributed by atoms with Gasteiger partial charge < -0.3 is 9.47 Å². The summed E-state index contributed by atoms with van der Waals surface area (Å²) in [4.78, 5) is 13.2. The Bertz CT molecular complexity index is 519. The van der Waals surface area contributed by atoms with E-state index in [1.165, 1.54) is 26.7 Å². The Morgan fingerprint density at radius 1 is 1.33 bits per heavy atom. The van der Waals surface area contributed by atoms with Gasteiger partial charge in [0.25, 0.3) is 5.69 Å². The summed E-state index contributed by atoms with van der Waals surface area (Å²) in [5.74, 6) is 1.56. The molecule has 0 saturated carbocycles. The molecular weight excluding hydrogens is 272 g/mol. The molecule has 116 valence electrons. The predicted octanol–water partition coefficient (Wildman–Crippen LogP) is 2.84. The summed E-state index contributed by atoms with van der Waals surface area (Å²) in [7, 11) is 3.02. The highest BCUT2D eigenvalue weighted by atomic mass is 16.6. The topological polar surface area (TPSA) is 64.8 Å². The normalized spacial score (nSPS) is 19.3. The van der Waals surface area contributed by atoms with Crippen molar-refractivity contribution < 1.29 is 14.4 Å². The first-order valence-electron chi connectivity index (χ1n) is 7.16. The van der Waals surface area contributed by atoms with Gasteiger partial charge in [0.05, 0.1) is 25.2 Å². The average molecular weight is 294 g/mol. The molecule has 0 amide bonds. The number of hydrogen-bond acceptors (Lipinski definition) is 5. The molecule has 1 heterocycles.